The molecule has 0 saturated carbocycles. The van der Waals surface area contributed by atoms with E-state index in [1.165, 1.54) is 109 Å². The molecule has 0 aliphatic carbocycles. The fourth-order valence-electron chi connectivity index (χ4n) is 6.45. The summed E-state index contributed by atoms with van der Waals surface area (Å²) in [5.74, 6) is 6.53. The number of fused-ring (bicyclic) bond motifs is 3. The van der Waals surface area contributed by atoms with Gasteiger partial charge in [-0.25, -0.2) is 0 Å². The van der Waals surface area contributed by atoms with Gasteiger partial charge in [-0.1, -0.05) is 102 Å². The maximum Gasteiger partial charge on any atom is 0.231 e. The Kier molecular flexibility index (Phi) is 11.9. The molecular formula is C37H51N3OS. The average molecular weight is 586 g/mol. The number of guanidine groups is 1. The quantitative estimate of drug-likeness (QED) is 0.134. The second-order valence-corrected chi connectivity index (χ2v) is 13.5. The van der Waals surface area contributed by atoms with E-state index in [4.69, 9.17) is 5.41 Å². The number of rotatable bonds is 16. The van der Waals surface area contributed by atoms with Crippen LogP contribution in [0.15, 0.2) is 36.4 Å². The summed E-state index contributed by atoms with van der Waals surface area (Å²) in [6.07, 6.45) is 19.0. The van der Waals surface area contributed by atoms with E-state index in [-0.39, 0.29) is 5.91 Å². The van der Waals surface area contributed by atoms with Gasteiger partial charge in [-0.2, -0.15) is 0 Å². The largest absolute Gasteiger partial charge is 0.333 e. The van der Waals surface area contributed by atoms with Gasteiger partial charge in [0.05, 0.1) is 12.0 Å². The molecule has 226 valence electrons. The zero-order valence-electron chi connectivity index (χ0n) is 26.5. The molecule has 0 radical (unpaired) electrons. The number of hydrogen-bond donors (Lipinski definition) is 1. The van der Waals surface area contributed by atoms with Crippen molar-refractivity contribution < 1.29 is 4.79 Å². The molecule has 1 aromatic heterocycles. The summed E-state index contributed by atoms with van der Waals surface area (Å²) in [7, 11) is 1.74. The van der Waals surface area contributed by atoms with E-state index in [0.29, 0.717) is 12.4 Å². The third-order valence-electron chi connectivity index (χ3n) is 9.13. The molecule has 5 heteroatoms. The fourth-order valence-corrected chi connectivity index (χ4v) is 7.52. The van der Waals surface area contributed by atoms with Gasteiger partial charge in [0.25, 0.3) is 0 Å². The van der Waals surface area contributed by atoms with E-state index in [0.717, 1.165) is 24.1 Å². The molecular weight excluding hydrogens is 534 g/mol. The lowest BCUT2D eigenvalue weighted by Crippen LogP contribution is -2.60. The van der Waals surface area contributed by atoms with E-state index >= 15 is 0 Å². The Bertz CT molecular complexity index is 1410. The van der Waals surface area contributed by atoms with Crippen molar-refractivity contribution in [1.82, 2.24) is 9.80 Å². The first-order valence-electron chi connectivity index (χ1n) is 16.4. The van der Waals surface area contributed by atoms with Gasteiger partial charge in [-0.05, 0) is 56.2 Å². The van der Waals surface area contributed by atoms with Crippen LogP contribution in [-0.4, -0.2) is 35.3 Å². The summed E-state index contributed by atoms with van der Waals surface area (Å²) >= 11 is 1.80. The Morgan fingerprint density at radius 3 is 1.98 bits per heavy atom. The molecule has 3 aromatic rings. The topological polar surface area (TPSA) is 47.4 Å². The van der Waals surface area contributed by atoms with Crippen molar-refractivity contribution in [3.05, 3.63) is 47.5 Å². The van der Waals surface area contributed by atoms with Gasteiger partial charge in [0, 0.05) is 39.3 Å². The van der Waals surface area contributed by atoms with Gasteiger partial charge in [0.1, 0.15) is 0 Å². The normalized spacial score (nSPS) is 17.3. The number of nitrogens with one attached hydrogen (secondary N) is 1. The maximum atomic E-state index is 13.0. The molecule has 2 heterocycles. The predicted octanol–water partition coefficient (Wildman–Crippen LogP) is 10.2. The van der Waals surface area contributed by atoms with Crippen LogP contribution < -0.4 is 0 Å². The monoisotopic (exact) mass is 585 g/mol. The van der Waals surface area contributed by atoms with Crippen LogP contribution in [0.5, 0.6) is 0 Å². The smallest absolute Gasteiger partial charge is 0.231 e. The van der Waals surface area contributed by atoms with Gasteiger partial charge < -0.3 is 4.90 Å². The summed E-state index contributed by atoms with van der Waals surface area (Å²) < 4.78 is 2.49. The highest BCUT2D eigenvalue weighted by atomic mass is 32.1. The molecule has 1 fully saturated rings. The van der Waals surface area contributed by atoms with Crippen LogP contribution in [0, 0.1) is 17.3 Å². The molecule has 1 aliphatic rings. The van der Waals surface area contributed by atoms with E-state index in [2.05, 4.69) is 67.0 Å². The number of thiophene rings is 1. The lowest BCUT2D eigenvalue weighted by atomic mass is 9.83. The highest BCUT2D eigenvalue weighted by Gasteiger charge is 2.44. The Hall–Kier alpha value is -2.84. The van der Waals surface area contributed by atoms with Crippen molar-refractivity contribution in [3.63, 3.8) is 0 Å². The highest BCUT2D eigenvalue weighted by molar-refractivity contribution is 7.25. The minimum absolute atomic E-state index is 0.00971. The van der Waals surface area contributed by atoms with E-state index < -0.39 is 5.54 Å². The van der Waals surface area contributed by atoms with Gasteiger partial charge in [0.15, 0.2) is 0 Å². The minimum Gasteiger partial charge on any atom is -0.333 e. The number of nitrogens with zero attached hydrogens (tertiary/aromatic N) is 2. The van der Waals surface area contributed by atoms with Gasteiger partial charge in [0.2, 0.25) is 11.9 Å². The van der Waals surface area contributed by atoms with E-state index in [1.54, 1.807) is 18.4 Å². The van der Waals surface area contributed by atoms with Crippen LogP contribution in [0.25, 0.3) is 20.2 Å². The minimum atomic E-state index is -0.541. The SMILES string of the molecule is CC#Cc1ccc2sc3ccc([C@]4(C)CC(=O)N(C)C(=N)N4CCCCCCCCCCCCCCCC)cc3c2c1. The molecule has 42 heavy (non-hydrogen) atoms. The van der Waals surface area contributed by atoms with Crippen molar-refractivity contribution in [2.45, 2.75) is 123 Å². The van der Waals surface area contributed by atoms with Crippen molar-refractivity contribution in [2.24, 2.45) is 0 Å². The maximum absolute atomic E-state index is 13.0. The Morgan fingerprint density at radius 1 is 0.833 bits per heavy atom. The standard InChI is InChI=1S/C37H51N3OS/c1-5-7-8-9-10-11-12-13-14-15-16-17-18-19-25-40-36(38)39(4)35(41)28-37(40,3)30-22-24-34-32(27-30)31-26-29(20-6-2)21-23-33(31)42-34/h21-24,26-27,38H,5,7-19,25,28H2,1-4H3/t37-/m0/s1. The van der Waals surface area contributed by atoms with Crippen molar-refractivity contribution >= 4 is 43.4 Å². The highest BCUT2D eigenvalue weighted by Crippen LogP contribution is 2.41. The number of carbonyl (C=O) groups excluding carboxylic acids is 1. The van der Waals surface area contributed by atoms with Gasteiger partial charge in [-0.3, -0.25) is 15.1 Å². The molecule has 1 amide bonds. The molecule has 1 N–H and O–H groups in total. The van der Waals surface area contributed by atoms with E-state index in [1.807, 2.05) is 6.92 Å². The van der Waals surface area contributed by atoms with Crippen LogP contribution in [0.4, 0.5) is 0 Å². The van der Waals surface area contributed by atoms with Crippen LogP contribution in [0.3, 0.4) is 0 Å². The van der Waals surface area contributed by atoms with E-state index in [9.17, 15) is 4.79 Å². The van der Waals surface area contributed by atoms with Crippen molar-refractivity contribution in [1.29, 1.82) is 5.41 Å². The van der Waals surface area contributed by atoms with Crippen LogP contribution in [0.1, 0.15) is 128 Å². The van der Waals surface area contributed by atoms with Crippen molar-refractivity contribution in [3.8, 4) is 11.8 Å². The first kappa shape index (κ1) is 32.1. The Balaban J connectivity index is 1.34. The summed E-state index contributed by atoms with van der Waals surface area (Å²) in [5.41, 5.74) is 1.59. The first-order valence-corrected chi connectivity index (χ1v) is 17.2. The summed E-state index contributed by atoms with van der Waals surface area (Å²) in [6.45, 7) is 7.10. The lowest BCUT2D eigenvalue weighted by Gasteiger charge is -2.49. The number of carbonyl (C=O) groups is 1. The molecule has 0 spiro atoms. The summed E-state index contributed by atoms with van der Waals surface area (Å²) in [4.78, 5) is 16.7. The zero-order valence-corrected chi connectivity index (χ0v) is 27.3. The summed E-state index contributed by atoms with van der Waals surface area (Å²) in [5, 5.41) is 11.3. The molecule has 4 nitrogen and oxygen atoms in total. The molecule has 0 bridgehead atoms. The number of unbranched alkanes of at least 4 members (excludes halogenated alkanes) is 13. The molecule has 0 unspecified atom stereocenters. The van der Waals surface area contributed by atoms with Gasteiger partial charge in [-0.15, -0.1) is 17.3 Å². The zero-order chi connectivity index (χ0) is 30.0. The second kappa shape index (κ2) is 15.6. The second-order valence-electron chi connectivity index (χ2n) is 12.4. The molecule has 1 atom stereocenters. The fraction of sp³-hybridized carbons (Fsp3) is 0.568. The third-order valence-corrected chi connectivity index (χ3v) is 10.3. The number of hydrogen-bond acceptors (Lipinski definition) is 3. The summed E-state index contributed by atoms with van der Waals surface area (Å²) in [6, 6.07) is 13.1. The van der Waals surface area contributed by atoms with Crippen LogP contribution in [0.2, 0.25) is 0 Å². The van der Waals surface area contributed by atoms with Crippen LogP contribution >= 0.6 is 11.3 Å². The van der Waals surface area contributed by atoms with Crippen LogP contribution in [-0.2, 0) is 10.3 Å². The number of amides is 1. The third kappa shape index (κ3) is 7.75. The Labute approximate surface area is 258 Å². The molecule has 4 rings (SSSR count). The average Bonchev–Trinajstić information content (AvgIpc) is 3.35. The van der Waals surface area contributed by atoms with Crippen molar-refractivity contribution in [2.75, 3.05) is 13.6 Å². The first-order chi connectivity index (χ1) is 20.4. The molecule has 1 aliphatic heterocycles. The van der Waals surface area contributed by atoms with Gasteiger partial charge >= 0.3 is 0 Å². The number of benzene rings is 2. The Morgan fingerprint density at radius 2 is 1.38 bits per heavy atom. The predicted molar refractivity (Wildman–Crippen MR) is 181 cm³/mol. The molecule has 2 aromatic carbocycles. The lowest BCUT2D eigenvalue weighted by molar-refractivity contribution is -0.132. The molecule has 1 saturated heterocycles.